The third-order valence-electron chi connectivity index (χ3n) is 7.94. The molecule has 0 aliphatic heterocycles. The van der Waals surface area contributed by atoms with Gasteiger partial charge in [0.2, 0.25) is 5.41 Å². The van der Waals surface area contributed by atoms with Crippen LogP contribution in [0.2, 0.25) is 0 Å². The Morgan fingerprint density at radius 2 is 0.714 bits per heavy atom. The molecule has 0 aliphatic rings. The molecule has 2 rings (SSSR count). The Morgan fingerprint density at radius 3 is 0.939 bits per heavy atom. The minimum atomic E-state index is -5.70. The molecular weight excluding hydrogens is 654 g/mol. The lowest BCUT2D eigenvalue weighted by Crippen LogP contribution is -2.54. The highest BCUT2D eigenvalue weighted by Crippen LogP contribution is 2.56. The summed E-state index contributed by atoms with van der Waals surface area (Å²) >= 11 is 0. The summed E-state index contributed by atoms with van der Waals surface area (Å²) in [6.07, 6.45) is 8.72. The summed E-state index contributed by atoms with van der Waals surface area (Å²) in [7, 11) is 0. The number of halogens is 6. The number of unbranched alkanes of at least 4 members (excludes halogenated alkanes) is 14. The quantitative estimate of drug-likeness (QED) is 0.0804. The molecule has 0 heterocycles. The predicted molar refractivity (Wildman–Crippen MR) is 179 cm³/mol. The maximum atomic E-state index is 13.6. The van der Waals surface area contributed by atoms with E-state index in [4.69, 9.17) is 20.4 Å². The minimum absolute atomic E-state index is 0.342. The Kier molecular flexibility index (Phi) is 22.9. The number of aliphatic carboxylic acids is 2. The van der Waals surface area contributed by atoms with Crippen LogP contribution in [0.15, 0.2) is 48.5 Å². The molecule has 0 amide bonds. The number of carboxylic acid groups (broad SMARTS) is 2. The van der Waals surface area contributed by atoms with Crippen LogP contribution in [0.25, 0.3) is 0 Å². The molecule has 12 heteroatoms. The van der Waals surface area contributed by atoms with Crippen LogP contribution in [0, 0.1) is 0 Å². The number of rotatable bonds is 20. The van der Waals surface area contributed by atoms with Gasteiger partial charge in [-0.2, -0.15) is 26.3 Å². The van der Waals surface area contributed by atoms with Crippen LogP contribution in [-0.2, 0) is 15.0 Å². The average molecular weight is 709 g/mol. The topological polar surface area (TPSA) is 115 Å². The van der Waals surface area contributed by atoms with E-state index in [9.17, 15) is 35.9 Å². The van der Waals surface area contributed by atoms with Crippen molar-refractivity contribution < 1.29 is 56.4 Å². The number of alkyl halides is 6. The predicted octanol–water partition coefficient (Wildman–Crippen LogP) is 11.7. The van der Waals surface area contributed by atoms with Gasteiger partial charge in [-0.3, -0.25) is 9.59 Å². The van der Waals surface area contributed by atoms with Crippen molar-refractivity contribution in [3.63, 3.8) is 0 Å². The summed E-state index contributed by atoms with van der Waals surface area (Å²) in [5.74, 6) is -2.24. The van der Waals surface area contributed by atoms with Crippen molar-refractivity contribution in [3.05, 3.63) is 59.7 Å². The molecule has 0 unspecified atom stereocenters. The van der Waals surface area contributed by atoms with Crippen LogP contribution in [0.5, 0.6) is 11.5 Å². The summed E-state index contributed by atoms with van der Waals surface area (Å²) in [5, 5.41) is 35.1. The maximum Gasteiger partial charge on any atom is 0.411 e. The molecule has 2 aromatic carbocycles. The van der Waals surface area contributed by atoms with Gasteiger partial charge in [0.15, 0.2) is 0 Å². The van der Waals surface area contributed by atoms with Crippen LogP contribution < -0.4 is 0 Å². The standard InChI is InChI=1S/C15H10F6O2.2C11H22O2/c16-14(17,18)13(15(19,20)21,9-1-5-11(22)6-2-9)10-3-7-12(23)8-4-10;2*1-2-3-4-5-6-7-8-9-10-11(12)13/h1-8,22-23H;2*2-10H2,1H3,(H,12,13). The van der Waals surface area contributed by atoms with Crippen molar-refractivity contribution in [2.45, 2.75) is 147 Å². The van der Waals surface area contributed by atoms with E-state index < -0.39 is 52.3 Å². The van der Waals surface area contributed by atoms with Crippen molar-refractivity contribution in [2.24, 2.45) is 0 Å². The van der Waals surface area contributed by atoms with Crippen LogP contribution in [0.1, 0.15) is 141 Å². The summed E-state index contributed by atoms with van der Waals surface area (Å²) in [5.41, 5.74) is -6.44. The molecule has 0 saturated heterocycles. The Balaban J connectivity index is 0.000000763. The summed E-state index contributed by atoms with van der Waals surface area (Å²) in [4.78, 5) is 20.3. The van der Waals surface area contributed by atoms with E-state index in [0.717, 1.165) is 49.9 Å². The number of phenols is 2. The van der Waals surface area contributed by atoms with Crippen molar-refractivity contribution in [1.29, 1.82) is 0 Å². The molecule has 0 spiro atoms. The Bertz CT molecular complexity index is 1060. The number of phenolic OH excluding ortho intramolecular Hbond substituents is 2. The number of benzene rings is 2. The SMILES string of the molecule is CCCCCCCCCCC(=O)O.CCCCCCCCCCC(=O)O.Oc1ccc(C(c2ccc(O)cc2)(C(F)(F)F)C(F)(F)F)cc1. The zero-order valence-corrected chi connectivity index (χ0v) is 28.7. The Labute approximate surface area is 286 Å². The fraction of sp³-hybridized carbons (Fsp3) is 0.622. The van der Waals surface area contributed by atoms with Gasteiger partial charge in [-0.15, -0.1) is 0 Å². The van der Waals surface area contributed by atoms with E-state index in [1.807, 2.05) is 0 Å². The van der Waals surface area contributed by atoms with Gasteiger partial charge in [-0.1, -0.05) is 128 Å². The Morgan fingerprint density at radius 1 is 0.469 bits per heavy atom. The molecule has 0 fully saturated rings. The van der Waals surface area contributed by atoms with E-state index in [-0.39, 0.29) is 0 Å². The lowest BCUT2D eigenvalue weighted by molar-refractivity contribution is -0.288. The zero-order chi connectivity index (χ0) is 37.3. The number of hydrogen-bond donors (Lipinski definition) is 4. The highest BCUT2D eigenvalue weighted by Gasteiger charge is 2.72. The molecule has 49 heavy (non-hydrogen) atoms. The molecule has 0 bridgehead atoms. The Hall–Kier alpha value is -3.44. The first-order valence-electron chi connectivity index (χ1n) is 17.2. The molecule has 0 saturated carbocycles. The van der Waals surface area contributed by atoms with E-state index in [1.165, 1.54) is 77.0 Å². The van der Waals surface area contributed by atoms with Crippen LogP contribution >= 0.6 is 0 Å². The monoisotopic (exact) mass is 708 g/mol. The summed E-state index contributed by atoms with van der Waals surface area (Å²) in [6.45, 7) is 4.43. The van der Waals surface area contributed by atoms with Crippen LogP contribution in [0.4, 0.5) is 26.3 Å². The van der Waals surface area contributed by atoms with Crippen molar-refractivity contribution >= 4 is 11.9 Å². The average Bonchev–Trinajstić information content (AvgIpc) is 3.01. The zero-order valence-electron chi connectivity index (χ0n) is 28.7. The molecule has 0 aromatic heterocycles. The highest BCUT2D eigenvalue weighted by atomic mass is 19.4. The number of carbonyl (C=O) groups is 2. The summed E-state index contributed by atoms with van der Waals surface area (Å²) < 4.78 is 81.6. The first-order chi connectivity index (χ1) is 23.0. The van der Waals surface area contributed by atoms with Gasteiger partial charge in [0, 0.05) is 12.8 Å². The second-order valence-electron chi connectivity index (χ2n) is 12.1. The lowest BCUT2D eigenvalue weighted by Gasteiger charge is -2.38. The van der Waals surface area contributed by atoms with Gasteiger partial charge in [0.1, 0.15) is 11.5 Å². The van der Waals surface area contributed by atoms with Crippen LogP contribution in [-0.4, -0.2) is 44.7 Å². The fourth-order valence-corrected chi connectivity index (χ4v) is 5.23. The molecule has 0 atom stereocenters. The fourth-order valence-electron chi connectivity index (χ4n) is 5.23. The van der Waals surface area contributed by atoms with Crippen molar-refractivity contribution in [2.75, 3.05) is 0 Å². The van der Waals surface area contributed by atoms with E-state index in [2.05, 4.69) is 13.8 Å². The third kappa shape index (κ3) is 18.2. The second kappa shape index (κ2) is 24.7. The minimum Gasteiger partial charge on any atom is -0.508 e. The van der Waals surface area contributed by atoms with Crippen LogP contribution in [0.3, 0.4) is 0 Å². The molecule has 0 radical (unpaired) electrons. The number of aromatic hydroxyl groups is 2. The van der Waals surface area contributed by atoms with Crippen molar-refractivity contribution in [1.82, 2.24) is 0 Å². The van der Waals surface area contributed by atoms with Gasteiger partial charge in [-0.25, -0.2) is 0 Å². The molecule has 6 nitrogen and oxygen atoms in total. The van der Waals surface area contributed by atoms with E-state index >= 15 is 0 Å². The molecule has 4 N–H and O–H groups in total. The largest absolute Gasteiger partial charge is 0.508 e. The highest BCUT2D eigenvalue weighted by molar-refractivity contribution is 5.66. The van der Waals surface area contributed by atoms with Gasteiger partial charge in [0.25, 0.3) is 0 Å². The second-order valence-corrected chi connectivity index (χ2v) is 12.1. The number of carboxylic acids is 2. The molecule has 2 aromatic rings. The van der Waals surface area contributed by atoms with E-state index in [1.54, 1.807) is 0 Å². The van der Waals surface area contributed by atoms with Gasteiger partial charge in [-0.05, 0) is 48.2 Å². The lowest BCUT2D eigenvalue weighted by atomic mass is 9.73. The molecular formula is C37H54F6O6. The van der Waals surface area contributed by atoms with E-state index in [0.29, 0.717) is 37.1 Å². The van der Waals surface area contributed by atoms with Gasteiger partial charge < -0.3 is 20.4 Å². The van der Waals surface area contributed by atoms with Crippen molar-refractivity contribution in [3.8, 4) is 11.5 Å². The van der Waals surface area contributed by atoms with Gasteiger partial charge >= 0.3 is 24.3 Å². The number of hydrogen-bond acceptors (Lipinski definition) is 4. The first-order valence-corrected chi connectivity index (χ1v) is 17.2. The smallest absolute Gasteiger partial charge is 0.411 e. The maximum absolute atomic E-state index is 13.6. The van der Waals surface area contributed by atoms with Gasteiger partial charge in [0.05, 0.1) is 0 Å². The summed E-state index contributed by atoms with van der Waals surface area (Å²) in [6, 6.07) is 5.30. The normalized spacial score (nSPS) is 11.6. The first kappa shape index (κ1) is 45.6. The molecule has 0 aliphatic carbocycles. The third-order valence-corrected chi connectivity index (χ3v) is 7.94. The molecule has 280 valence electrons.